The molecule has 4 nitrogen and oxygen atoms in total. The first-order valence-electron chi connectivity index (χ1n) is 5.44. The Morgan fingerprint density at radius 2 is 2.21 bits per heavy atom. The second kappa shape index (κ2) is 5.73. The molecule has 0 aliphatic carbocycles. The van der Waals surface area contributed by atoms with Crippen molar-refractivity contribution in [3.8, 4) is 0 Å². The molecule has 1 rings (SSSR count). The van der Waals surface area contributed by atoms with Crippen LogP contribution in [0.25, 0.3) is 0 Å². The summed E-state index contributed by atoms with van der Waals surface area (Å²) in [5.41, 5.74) is -1.44. The number of rotatable bonds is 5. The number of nitrogens with zero attached hydrogens (tertiary/aromatic N) is 1. The molecule has 19 heavy (non-hydrogen) atoms. The van der Waals surface area contributed by atoms with Crippen LogP contribution in [0.3, 0.4) is 0 Å². The molecule has 7 heteroatoms. The van der Waals surface area contributed by atoms with E-state index in [1.165, 1.54) is 0 Å². The molecule has 1 aromatic heterocycles. The van der Waals surface area contributed by atoms with Gasteiger partial charge in [0, 0.05) is 6.04 Å². The van der Waals surface area contributed by atoms with Gasteiger partial charge in [0.25, 0.3) is 0 Å². The van der Waals surface area contributed by atoms with E-state index in [4.69, 9.17) is 5.11 Å². The molecule has 104 valence electrons. The molecule has 0 amide bonds. The van der Waals surface area contributed by atoms with Crippen LogP contribution in [0.5, 0.6) is 0 Å². The van der Waals surface area contributed by atoms with E-state index in [9.17, 15) is 18.0 Å². The van der Waals surface area contributed by atoms with Gasteiger partial charge in [-0.25, -0.2) is 9.78 Å². The van der Waals surface area contributed by atoms with Crippen molar-refractivity contribution in [3.05, 3.63) is 36.0 Å². The van der Waals surface area contributed by atoms with E-state index >= 15 is 0 Å². The van der Waals surface area contributed by atoms with E-state index in [1.54, 1.807) is 13.0 Å². The van der Waals surface area contributed by atoms with Gasteiger partial charge in [-0.2, -0.15) is 13.2 Å². The highest BCUT2D eigenvalue weighted by atomic mass is 19.4. The lowest BCUT2D eigenvalue weighted by Crippen LogP contribution is -2.20. The first-order chi connectivity index (χ1) is 8.75. The Balaban J connectivity index is 3.16. The fourth-order valence-corrected chi connectivity index (χ4v) is 1.44. The number of pyridine rings is 1. The van der Waals surface area contributed by atoms with Crippen LogP contribution in [0.4, 0.5) is 19.0 Å². The number of alkyl halides is 3. The van der Waals surface area contributed by atoms with Crippen LogP contribution in [0.1, 0.15) is 29.4 Å². The second-order valence-electron chi connectivity index (χ2n) is 3.97. The minimum atomic E-state index is -4.62. The predicted molar refractivity (Wildman–Crippen MR) is 64.1 cm³/mol. The van der Waals surface area contributed by atoms with Crippen molar-refractivity contribution in [2.75, 3.05) is 5.32 Å². The summed E-state index contributed by atoms with van der Waals surface area (Å²) < 4.78 is 37.6. The first kappa shape index (κ1) is 15.0. The third kappa shape index (κ3) is 3.97. The molecule has 2 N–H and O–H groups in total. The number of carboxylic acids is 1. The van der Waals surface area contributed by atoms with E-state index < -0.39 is 17.8 Å². The number of aromatic nitrogens is 1. The van der Waals surface area contributed by atoms with Gasteiger partial charge < -0.3 is 10.4 Å². The van der Waals surface area contributed by atoms with Crippen LogP contribution in [-0.4, -0.2) is 22.1 Å². The summed E-state index contributed by atoms with van der Waals surface area (Å²) in [6.45, 7) is 5.19. The molecule has 0 aromatic carbocycles. The third-order valence-electron chi connectivity index (χ3n) is 2.32. The zero-order valence-corrected chi connectivity index (χ0v) is 10.2. The zero-order chi connectivity index (χ0) is 14.6. The van der Waals surface area contributed by atoms with Gasteiger partial charge in [0.05, 0.1) is 0 Å². The van der Waals surface area contributed by atoms with Gasteiger partial charge in [-0.3, -0.25) is 0 Å². The van der Waals surface area contributed by atoms with Gasteiger partial charge in [-0.15, -0.1) is 6.58 Å². The lowest BCUT2D eigenvalue weighted by atomic mass is 10.2. The fourth-order valence-electron chi connectivity index (χ4n) is 1.44. The summed E-state index contributed by atoms with van der Waals surface area (Å²) in [6.07, 6.45) is -2.57. The molecule has 0 aliphatic heterocycles. The van der Waals surface area contributed by atoms with E-state index in [1.807, 2.05) is 0 Å². The number of nitrogens with one attached hydrogen (secondary N) is 1. The molecule has 0 radical (unpaired) electrons. The van der Waals surface area contributed by atoms with Crippen LogP contribution in [-0.2, 0) is 6.18 Å². The highest BCUT2D eigenvalue weighted by Crippen LogP contribution is 2.29. The van der Waals surface area contributed by atoms with Crippen LogP contribution < -0.4 is 5.32 Å². The summed E-state index contributed by atoms with van der Waals surface area (Å²) in [6, 6.07) is 1.26. The van der Waals surface area contributed by atoms with Crippen molar-refractivity contribution < 1.29 is 23.1 Å². The summed E-state index contributed by atoms with van der Waals surface area (Å²) in [5, 5.41) is 11.6. The normalized spacial score (nSPS) is 12.8. The highest BCUT2D eigenvalue weighted by Gasteiger charge is 2.33. The Morgan fingerprint density at radius 1 is 1.58 bits per heavy atom. The second-order valence-corrected chi connectivity index (χ2v) is 3.97. The van der Waals surface area contributed by atoms with E-state index in [-0.39, 0.29) is 17.4 Å². The van der Waals surface area contributed by atoms with Crippen LogP contribution >= 0.6 is 0 Å². The number of carbonyl (C=O) groups is 1. The molecular weight excluding hydrogens is 261 g/mol. The molecular formula is C12H13F3N2O2. The Hall–Kier alpha value is -2.05. The van der Waals surface area contributed by atoms with Crippen molar-refractivity contribution >= 4 is 11.8 Å². The van der Waals surface area contributed by atoms with Crippen LogP contribution in [0, 0.1) is 0 Å². The van der Waals surface area contributed by atoms with Gasteiger partial charge >= 0.3 is 12.1 Å². The monoisotopic (exact) mass is 274 g/mol. The number of hydrogen-bond donors (Lipinski definition) is 2. The molecule has 0 fully saturated rings. The van der Waals surface area contributed by atoms with Gasteiger partial charge in [-0.1, -0.05) is 6.08 Å². The van der Waals surface area contributed by atoms with E-state index in [0.29, 0.717) is 12.5 Å². The maximum atomic E-state index is 12.5. The lowest BCUT2D eigenvalue weighted by Gasteiger charge is -2.16. The molecule has 0 saturated carbocycles. The fraction of sp³-hybridized carbons (Fsp3) is 0.333. The highest BCUT2D eigenvalue weighted by molar-refractivity contribution is 5.93. The summed E-state index contributed by atoms with van der Waals surface area (Å²) in [7, 11) is 0. The largest absolute Gasteiger partial charge is 0.478 e. The molecule has 0 aliphatic rings. The maximum absolute atomic E-state index is 12.5. The van der Waals surface area contributed by atoms with Crippen LogP contribution in [0.15, 0.2) is 24.8 Å². The Morgan fingerprint density at radius 3 is 2.68 bits per heavy atom. The summed E-state index contributed by atoms with van der Waals surface area (Å²) >= 11 is 0. The molecule has 0 saturated heterocycles. The third-order valence-corrected chi connectivity index (χ3v) is 2.32. The smallest absolute Gasteiger partial charge is 0.433 e. The number of hydrogen-bond acceptors (Lipinski definition) is 3. The number of anilines is 1. The van der Waals surface area contributed by atoms with Crippen molar-refractivity contribution in [1.29, 1.82) is 0 Å². The molecule has 0 bridgehead atoms. The van der Waals surface area contributed by atoms with Crippen molar-refractivity contribution in [2.24, 2.45) is 0 Å². The predicted octanol–water partition coefficient (Wildman–Crippen LogP) is 3.18. The quantitative estimate of drug-likeness (QED) is 0.809. The Bertz CT molecular complexity index is 486. The standard InChI is InChI=1S/C12H13F3N2O2/c1-3-4-7(2)16-10-8(11(18)19)5-6-9(17-10)12(13,14)15/h3,5-7H,1,4H2,2H3,(H,16,17)(H,18,19). The molecule has 0 spiro atoms. The molecule has 1 atom stereocenters. The topological polar surface area (TPSA) is 62.2 Å². The van der Waals surface area contributed by atoms with Crippen molar-refractivity contribution in [2.45, 2.75) is 25.6 Å². The van der Waals surface area contributed by atoms with Crippen molar-refractivity contribution in [1.82, 2.24) is 4.98 Å². The number of carboxylic acid groups (broad SMARTS) is 1. The van der Waals surface area contributed by atoms with Gasteiger partial charge in [0.2, 0.25) is 0 Å². The maximum Gasteiger partial charge on any atom is 0.433 e. The minimum Gasteiger partial charge on any atom is -0.478 e. The lowest BCUT2D eigenvalue weighted by molar-refractivity contribution is -0.141. The number of aromatic carboxylic acids is 1. The average Bonchev–Trinajstić information content (AvgIpc) is 2.27. The van der Waals surface area contributed by atoms with Crippen LogP contribution in [0.2, 0.25) is 0 Å². The van der Waals surface area contributed by atoms with Gasteiger partial charge in [0.1, 0.15) is 17.1 Å². The number of halogens is 3. The molecule has 1 aromatic rings. The molecule has 1 heterocycles. The zero-order valence-electron chi connectivity index (χ0n) is 10.2. The minimum absolute atomic E-state index is 0.272. The summed E-state index contributed by atoms with van der Waals surface area (Å²) in [4.78, 5) is 14.3. The van der Waals surface area contributed by atoms with Crippen molar-refractivity contribution in [3.63, 3.8) is 0 Å². The van der Waals surface area contributed by atoms with E-state index in [0.717, 1.165) is 6.07 Å². The first-order valence-corrected chi connectivity index (χ1v) is 5.44. The van der Waals surface area contributed by atoms with E-state index in [2.05, 4.69) is 16.9 Å². The molecule has 1 unspecified atom stereocenters. The SMILES string of the molecule is C=CCC(C)Nc1nc(C(F)(F)F)ccc1C(=O)O. The van der Waals surface area contributed by atoms with Gasteiger partial charge in [-0.05, 0) is 25.5 Å². The Labute approximate surface area is 108 Å². The Kier molecular flexibility index (Phi) is 4.52. The average molecular weight is 274 g/mol. The van der Waals surface area contributed by atoms with Gasteiger partial charge in [0.15, 0.2) is 0 Å². The summed E-state index contributed by atoms with van der Waals surface area (Å²) in [5.74, 6) is -1.63.